The van der Waals surface area contributed by atoms with E-state index in [-0.39, 0.29) is 11.9 Å². The maximum absolute atomic E-state index is 10.9. The Morgan fingerprint density at radius 1 is 1.42 bits per heavy atom. The molecule has 4 nitrogen and oxygen atoms in total. The Bertz CT molecular complexity index is 160. The summed E-state index contributed by atoms with van der Waals surface area (Å²) in [5.41, 5.74) is 8.00. The van der Waals surface area contributed by atoms with Crippen LogP contribution < -0.4 is 17.0 Å². The van der Waals surface area contributed by atoms with Crippen LogP contribution in [0.1, 0.15) is 32.1 Å². The average molecular weight is 171 g/mol. The fraction of sp³-hybridized carbons (Fsp3) is 0.875. The molecular formula is C8H17N3O. The van der Waals surface area contributed by atoms with Crippen LogP contribution in [0.25, 0.3) is 0 Å². The smallest absolute Gasteiger partial charge is 0.234 e. The molecule has 70 valence electrons. The summed E-state index contributed by atoms with van der Waals surface area (Å²) < 4.78 is 0. The molecule has 0 heterocycles. The number of carbonyl (C=O) groups excluding carboxylic acids is 1. The molecule has 0 aliphatic heterocycles. The van der Waals surface area contributed by atoms with Crippen molar-refractivity contribution >= 4 is 5.91 Å². The van der Waals surface area contributed by atoms with Crippen LogP contribution in [-0.4, -0.2) is 11.9 Å². The van der Waals surface area contributed by atoms with Gasteiger partial charge in [-0.05, 0) is 18.8 Å². The molecule has 0 bridgehead atoms. The molecule has 1 rings (SSSR count). The molecule has 1 aliphatic carbocycles. The van der Waals surface area contributed by atoms with E-state index in [0.717, 1.165) is 12.8 Å². The zero-order valence-corrected chi connectivity index (χ0v) is 7.25. The molecule has 1 saturated carbocycles. The summed E-state index contributed by atoms with van der Waals surface area (Å²) in [7, 11) is 0. The highest BCUT2D eigenvalue weighted by Gasteiger charge is 2.23. The SMILES string of the molecule is NNC(=O)CC1CCCCC1N. The van der Waals surface area contributed by atoms with E-state index in [1.807, 2.05) is 0 Å². The molecule has 5 N–H and O–H groups in total. The fourth-order valence-electron chi connectivity index (χ4n) is 1.79. The molecule has 1 aliphatic rings. The second-order valence-corrected chi connectivity index (χ2v) is 3.48. The first-order valence-corrected chi connectivity index (χ1v) is 4.49. The Kier molecular flexibility index (Phi) is 3.49. The van der Waals surface area contributed by atoms with Gasteiger partial charge in [0.05, 0.1) is 0 Å². The highest BCUT2D eigenvalue weighted by atomic mass is 16.2. The predicted molar refractivity (Wildman–Crippen MR) is 46.9 cm³/mol. The van der Waals surface area contributed by atoms with E-state index in [1.54, 1.807) is 0 Å². The number of hydrogen-bond donors (Lipinski definition) is 3. The van der Waals surface area contributed by atoms with Crippen molar-refractivity contribution in [1.82, 2.24) is 5.43 Å². The summed E-state index contributed by atoms with van der Waals surface area (Å²) in [5.74, 6) is 5.23. The van der Waals surface area contributed by atoms with Gasteiger partial charge >= 0.3 is 0 Å². The molecular weight excluding hydrogens is 154 g/mol. The summed E-state index contributed by atoms with van der Waals surface area (Å²) in [6, 6.07) is 0.191. The summed E-state index contributed by atoms with van der Waals surface area (Å²) in [6.07, 6.45) is 4.98. The first-order valence-electron chi connectivity index (χ1n) is 4.49. The van der Waals surface area contributed by atoms with Gasteiger partial charge in [-0.15, -0.1) is 0 Å². The van der Waals surface area contributed by atoms with Crippen molar-refractivity contribution in [3.63, 3.8) is 0 Å². The number of hydrazine groups is 1. The molecule has 2 unspecified atom stereocenters. The normalized spacial score (nSPS) is 29.8. The lowest BCUT2D eigenvalue weighted by atomic mass is 9.83. The van der Waals surface area contributed by atoms with Crippen LogP contribution in [0.5, 0.6) is 0 Å². The minimum Gasteiger partial charge on any atom is -0.327 e. The predicted octanol–water partition coefficient (Wildman–Crippen LogP) is -0.116. The van der Waals surface area contributed by atoms with Crippen LogP contribution in [0.2, 0.25) is 0 Å². The highest BCUT2D eigenvalue weighted by molar-refractivity contribution is 5.75. The van der Waals surface area contributed by atoms with E-state index < -0.39 is 0 Å². The molecule has 4 heteroatoms. The molecule has 12 heavy (non-hydrogen) atoms. The molecule has 0 saturated heterocycles. The average Bonchev–Trinajstić information content (AvgIpc) is 2.09. The zero-order chi connectivity index (χ0) is 8.97. The summed E-state index contributed by atoms with van der Waals surface area (Å²) >= 11 is 0. The van der Waals surface area contributed by atoms with Crippen molar-refractivity contribution in [1.29, 1.82) is 0 Å². The molecule has 0 aromatic carbocycles. The summed E-state index contributed by atoms with van der Waals surface area (Å²) in [4.78, 5) is 10.9. The Hall–Kier alpha value is -0.610. The van der Waals surface area contributed by atoms with Crippen molar-refractivity contribution in [2.75, 3.05) is 0 Å². The second kappa shape index (κ2) is 4.42. The van der Waals surface area contributed by atoms with Crippen LogP contribution in [0.4, 0.5) is 0 Å². The maximum atomic E-state index is 10.9. The number of nitrogens with two attached hydrogens (primary N) is 2. The first-order chi connectivity index (χ1) is 5.74. The van der Waals surface area contributed by atoms with Gasteiger partial charge in [-0.25, -0.2) is 5.84 Å². The fourth-order valence-corrected chi connectivity index (χ4v) is 1.79. The standard InChI is InChI=1S/C8H17N3O/c9-7-4-2-1-3-6(7)5-8(12)11-10/h6-7H,1-5,9-10H2,(H,11,12). The van der Waals surface area contributed by atoms with E-state index in [0.29, 0.717) is 12.3 Å². The first kappa shape index (κ1) is 9.48. The minimum absolute atomic E-state index is 0.0997. The third-order valence-corrected chi connectivity index (χ3v) is 2.58. The Labute approximate surface area is 72.6 Å². The topological polar surface area (TPSA) is 81.1 Å². The summed E-state index contributed by atoms with van der Waals surface area (Å²) in [5, 5.41) is 0. The van der Waals surface area contributed by atoms with Gasteiger partial charge in [-0.3, -0.25) is 10.2 Å². The van der Waals surface area contributed by atoms with Crippen molar-refractivity contribution in [3.05, 3.63) is 0 Å². The van der Waals surface area contributed by atoms with Crippen molar-refractivity contribution in [2.45, 2.75) is 38.1 Å². The van der Waals surface area contributed by atoms with Crippen molar-refractivity contribution < 1.29 is 4.79 Å². The van der Waals surface area contributed by atoms with Gasteiger partial charge in [0.1, 0.15) is 0 Å². The molecule has 1 amide bonds. The number of rotatable bonds is 2. The molecule has 0 spiro atoms. The minimum atomic E-state index is -0.0997. The van der Waals surface area contributed by atoms with Crippen molar-refractivity contribution in [2.24, 2.45) is 17.5 Å². The third kappa shape index (κ3) is 2.46. The van der Waals surface area contributed by atoms with E-state index in [2.05, 4.69) is 5.43 Å². The lowest BCUT2D eigenvalue weighted by Crippen LogP contribution is -2.38. The van der Waals surface area contributed by atoms with Gasteiger partial charge in [0.15, 0.2) is 0 Å². The van der Waals surface area contributed by atoms with Gasteiger partial charge in [0, 0.05) is 12.5 Å². The quantitative estimate of drug-likeness (QED) is 0.308. The molecule has 2 atom stereocenters. The monoisotopic (exact) mass is 171 g/mol. The lowest BCUT2D eigenvalue weighted by molar-refractivity contribution is -0.122. The Morgan fingerprint density at radius 3 is 2.67 bits per heavy atom. The largest absolute Gasteiger partial charge is 0.327 e. The Morgan fingerprint density at radius 2 is 2.08 bits per heavy atom. The van der Waals surface area contributed by atoms with Crippen LogP contribution in [0, 0.1) is 5.92 Å². The van der Waals surface area contributed by atoms with Gasteiger partial charge in [0.2, 0.25) is 5.91 Å². The summed E-state index contributed by atoms with van der Waals surface area (Å²) in [6.45, 7) is 0. The van der Waals surface area contributed by atoms with Gasteiger partial charge in [0.25, 0.3) is 0 Å². The molecule has 1 fully saturated rings. The Balaban J connectivity index is 2.33. The third-order valence-electron chi connectivity index (χ3n) is 2.58. The van der Waals surface area contributed by atoms with Crippen LogP contribution >= 0.6 is 0 Å². The van der Waals surface area contributed by atoms with Crippen LogP contribution in [0.15, 0.2) is 0 Å². The number of hydrogen-bond acceptors (Lipinski definition) is 3. The number of nitrogens with one attached hydrogen (secondary N) is 1. The molecule has 0 radical (unpaired) electrons. The van der Waals surface area contributed by atoms with E-state index >= 15 is 0 Å². The van der Waals surface area contributed by atoms with Crippen LogP contribution in [-0.2, 0) is 4.79 Å². The van der Waals surface area contributed by atoms with Gasteiger partial charge < -0.3 is 5.73 Å². The van der Waals surface area contributed by atoms with E-state index in [1.165, 1.54) is 12.8 Å². The van der Waals surface area contributed by atoms with Crippen LogP contribution in [0.3, 0.4) is 0 Å². The van der Waals surface area contributed by atoms with Crippen molar-refractivity contribution in [3.8, 4) is 0 Å². The molecule has 0 aromatic heterocycles. The molecule has 0 aromatic rings. The second-order valence-electron chi connectivity index (χ2n) is 3.48. The maximum Gasteiger partial charge on any atom is 0.234 e. The van der Waals surface area contributed by atoms with E-state index in [4.69, 9.17) is 11.6 Å². The lowest BCUT2D eigenvalue weighted by Gasteiger charge is -2.27. The zero-order valence-electron chi connectivity index (χ0n) is 7.25. The van der Waals surface area contributed by atoms with Gasteiger partial charge in [-0.2, -0.15) is 0 Å². The number of amides is 1. The van der Waals surface area contributed by atoms with E-state index in [9.17, 15) is 4.79 Å². The van der Waals surface area contributed by atoms with Gasteiger partial charge in [-0.1, -0.05) is 12.8 Å². The number of carbonyl (C=O) groups is 1. The highest BCUT2D eigenvalue weighted by Crippen LogP contribution is 2.25.